The monoisotopic (exact) mass is 465 g/mol. The van der Waals surface area contributed by atoms with Gasteiger partial charge in [-0.15, -0.1) is 0 Å². The van der Waals surface area contributed by atoms with Crippen molar-refractivity contribution in [1.82, 2.24) is 20.2 Å². The highest BCUT2D eigenvalue weighted by Gasteiger charge is 2.23. The van der Waals surface area contributed by atoms with E-state index >= 15 is 0 Å². The third kappa shape index (κ3) is 5.36. The number of hydrogen-bond donors (Lipinski definition) is 4. The molecule has 9 heteroatoms. The fourth-order valence-electron chi connectivity index (χ4n) is 4.60. The molecule has 2 amide bonds. The third-order valence-electron chi connectivity index (χ3n) is 6.02. The minimum atomic E-state index is -0.296. The Morgan fingerprint density at radius 1 is 1.21 bits per heavy atom. The Hall–Kier alpha value is -3.46. The number of rotatable bonds is 4. The lowest BCUT2D eigenvalue weighted by Gasteiger charge is -2.20. The van der Waals surface area contributed by atoms with Crippen molar-refractivity contribution in [3.63, 3.8) is 0 Å². The molecule has 1 aliphatic carbocycles. The number of nitrogens with two attached hydrogens (primary N) is 1. The Labute approximate surface area is 200 Å². The zero-order valence-corrected chi connectivity index (χ0v) is 20.4. The van der Waals surface area contributed by atoms with E-state index in [0.717, 1.165) is 40.6 Å². The molecule has 0 radical (unpaired) electrons. The minimum absolute atomic E-state index is 0.00186. The van der Waals surface area contributed by atoms with Crippen LogP contribution in [-0.2, 0) is 11.8 Å². The van der Waals surface area contributed by atoms with Crippen LogP contribution in [0.4, 0.5) is 5.69 Å². The highest BCUT2D eigenvalue weighted by Crippen LogP contribution is 2.34. The van der Waals surface area contributed by atoms with Gasteiger partial charge in [0, 0.05) is 47.4 Å². The summed E-state index contributed by atoms with van der Waals surface area (Å²) in [7, 11) is 3.36. The van der Waals surface area contributed by atoms with E-state index in [4.69, 9.17) is 0 Å². The van der Waals surface area contributed by atoms with E-state index in [-0.39, 0.29) is 11.8 Å². The number of aromatic nitrogens is 3. The number of nitrogens with one attached hydrogen (secondary N) is 3. The second kappa shape index (κ2) is 11.6. The summed E-state index contributed by atoms with van der Waals surface area (Å²) in [5.41, 5.74) is 11.5. The van der Waals surface area contributed by atoms with Gasteiger partial charge < -0.3 is 16.0 Å². The molecule has 1 aromatic carbocycles. The molecule has 0 atom stereocenters. The molecule has 3 heterocycles. The van der Waals surface area contributed by atoms with E-state index in [2.05, 4.69) is 31.7 Å². The van der Waals surface area contributed by atoms with Crippen molar-refractivity contribution in [1.29, 1.82) is 0 Å². The molecule has 2 aromatic heterocycles. The quantitative estimate of drug-likeness (QED) is 0.461. The molecule has 5 N–H and O–H groups in total. The molecule has 1 aliphatic heterocycles. The standard InChI is InChI=1S/C22H24N6O2.C2H6.CH5N/c1-28-12-14(10-24-28)21-17-11-23-27-22(30)16-8-15(9-18(26-21)20(16)17)25-19(29)7-13-5-3-2-4-6-13;2*1-2/h8-13,26H,2-7H2,1H3,(H,25,29)(H,27,30);1-2H3;2H2,1H3. The van der Waals surface area contributed by atoms with Crippen molar-refractivity contribution in [3.8, 4) is 11.3 Å². The molecule has 182 valence electrons. The first-order valence-corrected chi connectivity index (χ1v) is 12.0. The van der Waals surface area contributed by atoms with Crippen molar-refractivity contribution in [2.75, 3.05) is 12.4 Å². The van der Waals surface area contributed by atoms with Crippen LogP contribution in [0, 0.1) is 5.92 Å². The molecule has 2 aliphatic rings. The Bertz CT molecular complexity index is 1170. The van der Waals surface area contributed by atoms with Gasteiger partial charge in [-0.05, 0) is 37.9 Å². The Kier molecular flexibility index (Phi) is 8.59. The second-order valence-corrected chi connectivity index (χ2v) is 8.22. The van der Waals surface area contributed by atoms with Crippen LogP contribution in [-0.4, -0.2) is 39.8 Å². The zero-order chi connectivity index (χ0) is 24.7. The van der Waals surface area contributed by atoms with Crippen LogP contribution in [0.15, 0.2) is 29.6 Å². The molecule has 1 fully saturated rings. The average molecular weight is 466 g/mol. The number of anilines is 1. The van der Waals surface area contributed by atoms with Crippen LogP contribution < -0.4 is 16.5 Å². The van der Waals surface area contributed by atoms with E-state index in [0.29, 0.717) is 23.6 Å². The van der Waals surface area contributed by atoms with Gasteiger partial charge in [0.15, 0.2) is 0 Å². The minimum Gasteiger partial charge on any atom is -0.354 e. The van der Waals surface area contributed by atoms with Gasteiger partial charge in [-0.1, -0.05) is 33.1 Å². The van der Waals surface area contributed by atoms with Gasteiger partial charge in [0.1, 0.15) is 0 Å². The highest BCUT2D eigenvalue weighted by atomic mass is 16.2. The van der Waals surface area contributed by atoms with Crippen molar-refractivity contribution < 1.29 is 9.59 Å². The maximum Gasteiger partial charge on any atom is 0.272 e. The third-order valence-corrected chi connectivity index (χ3v) is 6.02. The molecular formula is C25H35N7O2. The summed E-state index contributed by atoms with van der Waals surface area (Å²) in [6.07, 6.45) is 11.8. The Balaban J connectivity index is 0.000000771. The van der Waals surface area contributed by atoms with E-state index in [1.54, 1.807) is 23.2 Å². The molecule has 0 unspecified atom stereocenters. The van der Waals surface area contributed by atoms with Crippen molar-refractivity contribution in [2.24, 2.45) is 23.8 Å². The van der Waals surface area contributed by atoms with Crippen LogP contribution in [0.2, 0.25) is 0 Å². The zero-order valence-electron chi connectivity index (χ0n) is 20.4. The van der Waals surface area contributed by atoms with Crippen molar-refractivity contribution >= 4 is 34.6 Å². The largest absolute Gasteiger partial charge is 0.354 e. The number of aromatic amines is 1. The summed E-state index contributed by atoms with van der Waals surface area (Å²) in [6, 6.07) is 3.61. The molecule has 5 rings (SSSR count). The van der Waals surface area contributed by atoms with Crippen LogP contribution in [0.25, 0.3) is 22.2 Å². The van der Waals surface area contributed by atoms with Crippen LogP contribution >= 0.6 is 0 Å². The number of amides is 2. The fourth-order valence-corrected chi connectivity index (χ4v) is 4.60. The fraction of sp³-hybridized carbons (Fsp3) is 0.440. The lowest BCUT2D eigenvalue weighted by Crippen LogP contribution is -2.19. The van der Waals surface area contributed by atoms with Gasteiger partial charge in [0.05, 0.1) is 23.7 Å². The van der Waals surface area contributed by atoms with Gasteiger partial charge >= 0.3 is 0 Å². The van der Waals surface area contributed by atoms with Crippen LogP contribution in [0.3, 0.4) is 0 Å². The van der Waals surface area contributed by atoms with Crippen LogP contribution in [0.5, 0.6) is 0 Å². The molecule has 34 heavy (non-hydrogen) atoms. The van der Waals surface area contributed by atoms with E-state index in [1.165, 1.54) is 26.3 Å². The average Bonchev–Trinajstić information content (AvgIpc) is 3.40. The summed E-state index contributed by atoms with van der Waals surface area (Å²) in [6.45, 7) is 4.00. The summed E-state index contributed by atoms with van der Waals surface area (Å²) in [4.78, 5) is 28.6. The number of hydrazone groups is 1. The molecule has 0 saturated heterocycles. The predicted octanol–water partition coefficient (Wildman–Crippen LogP) is 4.16. The predicted molar refractivity (Wildman–Crippen MR) is 137 cm³/mol. The number of carbonyl (C=O) groups is 2. The van der Waals surface area contributed by atoms with Gasteiger partial charge in [-0.3, -0.25) is 14.3 Å². The smallest absolute Gasteiger partial charge is 0.272 e. The van der Waals surface area contributed by atoms with E-state index in [9.17, 15) is 9.59 Å². The van der Waals surface area contributed by atoms with E-state index < -0.39 is 0 Å². The Morgan fingerprint density at radius 2 is 1.94 bits per heavy atom. The first-order chi connectivity index (χ1) is 16.6. The van der Waals surface area contributed by atoms with Gasteiger partial charge in [0.2, 0.25) is 5.91 Å². The summed E-state index contributed by atoms with van der Waals surface area (Å²) < 4.78 is 1.72. The van der Waals surface area contributed by atoms with E-state index in [1.807, 2.05) is 33.2 Å². The van der Waals surface area contributed by atoms with Crippen LogP contribution in [0.1, 0.15) is 68.3 Å². The highest BCUT2D eigenvalue weighted by molar-refractivity contribution is 6.18. The number of carbonyl (C=O) groups excluding carboxylic acids is 2. The number of H-pyrrole nitrogens is 1. The lowest BCUT2D eigenvalue weighted by atomic mass is 9.87. The van der Waals surface area contributed by atoms with Crippen molar-refractivity contribution in [3.05, 3.63) is 35.7 Å². The van der Waals surface area contributed by atoms with Gasteiger partial charge in [-0.25, -0.2) is 5.43 Å². The first-order valence-electron chi connectivity index (χ1n) is 12.0. The Morgan fingerprint density at radius 3 is 2.62 bits per heavy atom. The number of aryl methyl sites for hydroxylation is 1. The summed E-state index contributed by atoms with van der Waals surface area (Å²) >= 11 is 0. The molecule has 1 saturated carbocycles. The SMILES string of the molecule is CC.CN.Cn1cc(-c2[nH]c3cc(NC(=O)CC4CCCCC4)cc4c3c2C=NNC4=O)cn1. The molecule has 3 aromatic rings. The molecule has 9 nitrogen and oxygen atoms in total. The number of hydrogen-bond acceptors (Lipinski definition) is 5. The maximum absolute atomic E-state index is 12.6. The second-order valence-electron chi connectivity index (χ2n) is 8.22. The topological polar surface area (TPSA) is 130 Å². The van der Waals surface area contributed by atoms with Crippen molar-refractivity contribution in [2.45, 2.75) is 52.4 Å². The number of nitrogens with zero attached hydrogens (tertiary/aromatic N) is 3. The van der Waals surface area contributed by atoms with Gasteiger partial charge in [0.25, 0.3) is 5.91 Å². The number of benzene rings is 1. The summed E-state index contributed by atoms with van der Waals surface area (Å²) in [5, 5.41) is 12.1. The maximum atomic E-state index is 12.6. The molecule has 0 spiro atoms. The van der Waals surface area contributed by atoms with Gasteiger partial charge in [-0.2, -0.15) is 10.2 Å². The lowest BCUT2D eigenvalue weighted by molar-refractivity contribution is -0.117. The normalized spacial score (nSPS) is 14.9. The summed E-state index contributed by atoms with van der Waals surface area (Å²) in [5.74, 6) is 0.156. The molecular weight excluding hydrogens is 430 g/mol. The molecule has 0 bridgehead atoms. The first kappa shape index (κ1) is 25.2.